The first-order valence-electron chi connectivity index (χ1n) is 10.4. The fraction of sp³-hybridized carbons (Fsp3) is 0.522. The Bertz CT molecular complexity index is 850. The van der Waals surface area contributed by atoms with E-state index in [9.17, 15) is 9.59 Å². The van der Waals surface area contributed by atoms with Crippen LogP contribution in [0.4, 0.5) is 5.82 Å². The van der Waals surface area contributed by atoms with Gasteiger partial charge in [-0.2, -0.15) is 5.10 Å². The first kappa shape index (κ1) is 23.4. The van der Waals surface area contributed by atoms with Gasteiger partial charge in [-0.15, -0.1) is 0 Å². The van der Waals surface area contributed by atoms with E-state index < -0.39 is 0 Å². The minimum absolute atomic E-state index is 0.00357. The lowest BCUT2D eigenvalue weighted by molar-refractivity contribution is -0.133. The molecule has 0 atom stereocenters. The van der Waals surface area contributed by atoms with E-state index in [4.69, 9.17) is 9.84 Å². The van der Waals surface area contributed by atoms with Crippen LogP contribution < -0.4 is 10.1 Å². The number of nitrogens with one attached hydrogen (secondary N) is 1. The zero-order valence-corrected chi connectivity index (χ0v) is 19.0. The Morgan fingerprint density at radius 1 is 1.17 bits per heavy atom. The van der Waals surface area contributed by atoms with Crippen molar-refractivity contribution in [3.8, 4) is 11.4 Å². The van der Waals surface area contributed by atoms with Gasteiger partial charge in [0.25, 0.3) is 0 Å². The molecule has 1 heterocycles. The van der Waals surface area contributed by atoms with Crippen molar-refractivity contribution in [1.82, 2.24) is 14.7 Å². The van der Waals surface area contributed by atoms with Crippen molar-refractivity contribution in [1.29, 1.82) is 0 Å². The van der Waals surface area contributed by atoms with E-state index in [2.05, 4.69) is 33.0 Å². The summed E-state index contributed by atoms with van der Waals surface area (Å²) in [6.45, 7) is 8.31. The molecule has 0 unspecified atom stereocenters. The SMILES string of the molecule is CCCCCC(=O)N(C)CC(=O)Nc1cc(C(C)(C)C)nn1-c1ccc(OC)cc1. The van der Waals surface area contributed by atoms with Crippen LogP contribution in [0.2, 0.25) is 0 Å². The fourth-order valence-electron chi connectivity index (χ4n) is 2.96. The van der Waals surface area contributed by atoms with E-state index in [0.717, 1.165) is 36.4 Å². The third-order valence-electron chi connectivity index (χ3n) is 4.86. The summed E-state index contributed by atoms with van der Waals surface area (Å²) in [5.41, 5.74) is 1.49. The Labute approximate surface area is 179 Å². The number of anilines is 1. The summed E-state index contributed by atoms with van der Waals surface area (Å²) in [5, 5.41) is 7.62. The van der Waals surface area contributed by atoms with E-state index in [1.54, 1.807) is 18.8 Å². The van der Waals surface area contributed by atoms with Crippen molar-refractivity contribution in [3.63, 3.8) is 0 Å². The molecule has 0 aliphatic rings. The molecule has 0 aliphatic carbocycles. The predicted molar refractivity (Wildman–Crippen MR) is 119 cm³/mol. The van der Waals surface area contributed by atoms with Crippen LogP contribution in [0.1, 0.15) is 59.1 Å². The van der Waals surface area contributed by atoms with Gasteiger partial charge in [-0.1, -0.05) is 40.5 Å². The summed E-state index contributed by atoms with van der Waals surface area (Å²) < 4.78 is 6.93. The molecule has 164 valence electrons. The van der Waals surface area contributed by atoms with Gasteiger partial charge in [0, 0.05) is 24.9 Å². The number of nitrogens with zero attached hydrogens (tertiary/aromatic N) is 3. The number of carbonyl (C=O) groups is 2. The van der Waals surface area contributed by atoms with E-state index in [1.165, 1.54) is 4.90 Å². The second-order valence-corrected chi connectivity index (χ2v) is 8.53. The molecule has 2 rings (SSSR count). The molecule has 7 heteroatoms. The largest absolute Gasteiger partial charge is 0.497 e. The number of benzene rings is 1. The number of rotatable bonds is 9. The number of hydrogen-bond donors (Lipinski definition) is 1. The van der Waals surface area contributed by atoms with E-state index >= 15 is 0 Å². The normalized spacial score (nSPS) is 11.3. The van der Waals surface area contributed by atoms with Gasteiger partial charge in [0.1, 0.15) is 11.6 Å². The molecule has 2 aromatic rings. The molecule has 30 heavy (non-hydrogen) atoms. The first-order valence-corrected chi connectivity index (χ1v) is 10.4. The minimum Gasteiger partial charge on any atom is -0.497 e. The Morgan fingerprint density at radius 3 is 2.40 bits per heavy atom. The predicted octanol–water partition coefficient (Wildman–Crippen LogP) is 4.16. The highest BCUT2D eigenvalue weighted by Crippen LogP contribution is 2.27. The molecule has 0 bridgehead atoms. The summed E-state index contributed by atoms with van der Waals surface area (Å²) in [7, 11) is 3.28. The topological polar surface area (TPSA) is 76.5 Å². The maximum absolute atomic E-state index is 12.6. The highest BCUT2D eigenvalue weighted by molar-refractivity contribution is 5.94. The van der Waals surface area contributed by atoms with Crippen molar-refractivity contribution in [2.75, 3.05) is 26.0 Å². The van der Waals surface area contributed by atoms with Crippen LogP contribution in [0.15, 0.2) is 30.3 Å². The number of carbonyl (C=O) groups excluding carboxylic acids is 2. The van der Waals surface area contributed by atoms with E-state index in [1.807, 2.05) is 30.3 Å². The first-order chi connectivity index (χ1) is 14.2. The van der Waals surface area contributed by atoms with Gasteiger partial charge in [-0.05, 0) is 30.7 Å². The second kappa shape index (κ2) is 10.3. The molecule has 1 aromatic heterocycles. The lowest BCUT2D eigenvalue weighted by Gasteiger charge is -2.17. The monoisotopic (exact) mass is 414 g/mol. The van der Waals surface area contributed by atoms with Gasteiger partial charge in [-0.3, -0.25) is 9.59 Å². The zero-order valence-electron chi connectivity index (χ0n) is 19.0. The standard InChI is InChI=1S/C23H34N4O3/c1-7-8-9-10-22(29)26(5)16-21(28)24-20-15-19(23(2,3)4)25-27(20)17-11-13-18(30-6)14-12-17/h11-15H,7-10,16H2,1-6H3,(H,24,28). The lowest BCUT2D eigenvalue weighted by Crippen LogP contribution is -2.35. The number of aromatic nitrogens is 2. The van der Waals surface area contributed by atoms with Crippen LogP contribution in [-0.2, 0) is 15.0 Å². The highest BCUT2D eigenvalue weighted by Gasteiger charge is 2.22. The molecule has 0 saturated carbocycles. The maximum Gasteiger partial charge on any atom is 0.245 e. The maximum atomic E-state index is 12.6. The number of amides is 2. The number of ether oxygens (including phenoxy) is 1. The summed E-state index contributed by atoms with van der Waals surface area (Å²) in [4.78, 5) is 26.3. The smallest absolute Gasteiger partial charge is 0.245 e. The van der Waals surface area contributed by atoms with Crippen LogP contribution >= 0.6 is 0 Å². The van der Waals surface area contributed by atoms with Crippen LogP contribution in [0, 0.1) is 0 Å². The highest BCUT2D eigenvalue weighted by atomic mass is 16.5. The molecular weight excluding hydrogens is 380 g/mol. The van der Waals surface area contributed by atoms with Crippen molar-refractivity contribution >= 4 is 17.6 Å². The van der Waals surface area contributed by atoms with Crippen molar-refractivity contribution < 1.29 is 14.3 Å². The molecule has 2 amide bonds. The van der Waals surface area contributed by atoms with Crippen molar-refractivity contribution in [3.05, 3.63) is 36.0 Å². The molecule has 1 N–H and O–H groups in total. The average Bonchev–Trinajstić information content (AvgIpc) is 3.12. The molecule has 0 aliphatic heterocycles. The van der Waals surface area contributed by atoms with Gasteiger partial charge >= 0.3 is 0 Å². The number of methoxy groups -OCH3 is 1. The van der Waals surface area contributed by atoms with Gasteiger partial charge in [0.05, 0.1) is 25.0 Å². The molecule has 7 nitrogen and oxygen atoms in total. The molecule has 0 fully saturated rings. The Kier molecular flexibility index (Phi) is 8.03. The molecule has 1 aromatic carbocycles. The number of unbranched alkanes of at least 4 members (excludes halogenated alkanes) is 2. The van der Waals surface area contributed by atoms with Gasteiger partial charge in [0.2, 0.25) is 11.8 Å². The molecule has 0 radical (unpaired) electrons. The lowest BCUT2D eigenvalue weighted by atomic mass is 9.92. The third-order valence-corrected chi connectivity index (χ3v) is 4.86. The Morgan fingerprint density at radius 2 is 1.83 bits per heavy atom. The van der Waals surface area contributed by atoms with E-state index in [0.29, 0.717) is 12.2 Å². The number of likely N-dealkylation sites (N-methyl/N-ethyl adjacent to an activating group) is 1. The molecular formula is C23H34N4O3. The fourth-order valence-corrected chi connectivity index (χ4v) is 2.96. The van der Waals surface area contributed by atoms with Crippen LogP contribution in [0.3, 0.4) is 0 Å². The summed E-state index contributed by atoms with van der Waals surface area (Å²) in [6, 6.07) is 9.35. The third kappa shape index (κ3) is 6.34. The summed E-state index contributed by atoms with van der Waals surface area (Å²) >= 11 is 0. The van der Waals surface area contributed by atoms with E-state index in [-0.39, 0.29) is 23.8 Å². The van der Waals surface area contributed by atoms with Crippen LogP contribution in [-0.4, -0.2) is 47.2 Å². The summed E-state index contributed by atoms with van der Waals surface area (Å²) in [5.74, 6) is 1.05. The number of hydrogen-bond acceptors (Lipinski definition) is 4. The van der Waals surface area contributed by atoms with Gasteiger partial charge in [0.15, 0.2) is 0 Å². The van der Waals surface area contributed by atoms with Crippen molar-refractivity contribution in [2.45, 2.75) is 58.8 Å². The molecule has 0 saturated heterocycles. The van der Waals surface area contributed by atoms with Crippen molar-refractivity contribution in [2.24, 2.45) is 0 Å². The van der Waals surface area contributed by atoms with Gasteiger partial charge < -0.3 is 15.0 Å². The molecule has 0 spiro atoms. The minimum atomic E-state index is -0.253. The Balaban J connectivity index is 2.17. The zero-order chi connectivity index (χ0) is 22.3. The van der Waals surface area contributed by atoms with Gasteiger partial charge in [-0.25, -0.2) is 4.68 Å². The average molecular weight is 415 g/mol. The quantitative estimate of drug-likeness (QED) is 0.625. The second-order valence-electron chi connectivity index (χ2n) is 8.53. The van der Waals surface area contributed by atoms with Crippen LogP contribution in [0.5, 0.6) is 5.75 Å². The Hall–Kier alpha value is -2.83. The van der Waals surface area contributed by atoms with Crippen LogP contribution in [0.25, 0.3) is 5.69 Å². The summed E-state index contributed by atoms with van der Waals surface area (Å²) in [6.07, 6.45) is 3.39.